The second-order valence-corrected chi connectivity index (χ2v) is 6.25. The Hall–Kier alpha value is -0.820. The zero-order valence-corrected chi connectivity index (χ0v) is 14.3. The molecule has 3 nitrogen and oxygen atoms in total. The van der Waals surface area contributed by atoms with Gasteiger partial charge in [0.2, 0.25) is 0 Å². The maximum atomic E-state index is 9.91. The molecular weight excluding hydrogens is 401 g/mol. The van der Waals surface area contributed by atoms with Gasteiger partial charge in [0, 0.05) is 20.8 Å². The number of ether oxygens (including phenoxy) is 1. The number of nitrogens with one attached hydrogen (secondary N) is 1. The number of anilines is 1. The maximum Gasteiger partial charge on any atom is 0.0945 e. The quantitative estimate of drug-likeness (QED) is 0.671. The molecule has 1 unspecified atom stereocenters. The number of halogens is 2. The Bertz CT molecular complexity index is 562. The van der Waals surface area contributed by atoms with Crippen LogP contribution in [0.3, 0.4) is 0 Å². The fourth-order valence-electron chi connectivity index (χ4n) is 1.78. The van der Waals surface area contributed by atoms with Crippen molar-refractivity contribution in [2.75, 3.05) is 18.5 Å². The van der Waals surface area contributed by atoms with Gasteiger partial charge in [0.05, 0.1) is 19.3 Å². The second-order valence-electron chi connectivity index (χ2n) is 4.66. The van der Waals surface area contributed by atoms with Gasteiger partial charge >= 0.3 is 0 Å². The minimum absolute atomic E-state index is 0.291. The number of aliphatic hydroxyl groups excluding tert-OH is 1. The summed E-state index contributed by atoms with van der Waals surface area (Å²) in [6, 6.07) is 15.5. The molecule has 2 aromatic carbocycles. The molecule has 0 aromatic heterocycles. The van der Waals surface area contributed by atoms with E-state index < -0.39 is 6.10 Å². The zero-order chi connectivity index (χ0) is 15.1. The Kier molecular flexibility index (Phi) is 6.76. The SMILES string of the molecule is OC(CNc1ccccc1I)COCc1ccc(Cl)cc1. The number of hydrogen-bond donors (Lipinski definition) is 2. The Labute approximate surface area is 143 Å². The molecule has 0 fully saturated rings. The molecule has 0 radical (unpaired) electrons. The van der Waals surface area contributed by atoms with Gasteiger partial charge in [-0.1, -0.05) is 35.9 Å². The highest BCUT2D eigenvalue weighted by atomic mass is 127. The molecule has 0 saturated heterocycles. The molecule has 2 aromatic rings. The zero-order valence-electron chi connectivity index (χ0n) is 11.4. The summed E-state index contributed by atoms with van der Waals surface area (Å²) >= 11 is 8.08. The lowest BCUT2D eigenvalue weighted by Crippen LogP contribution is -2.25. The Morgan fingerprint density at radius 3 is 2.57 bits per heavy atom. The minimum Gasteiger partial charge on any atom is -0.389 e. The largest absolute Gasteiger partial charge is 0.389 e. The average molecular weight is 418 g/mol. The smallest absolute Gasteiger partial charge is 0.0945 e. The van der Waals surface area contributed by atoms with Gasteiger partial charge in [-0.3, -0.25) is 0 Å². The molecule has 21 heavy (non-hydrogen) atoms. The monoisotopic (exact) mass is 417 g/mol. The Morgan fingerprint density at radius 1 is 1.14 bits per heavy atom. The first-order valence-corrected chi connectivity index (χ1v) is 8.09. The van der Waals surface area contributed by atoms with Crippen molar-refractivity contribution < 1.29 is 9.84 Å². The van der Waals surface area contributed by atoms with Crippen molar-refractivity contribution in [3.63, 3.8) is 0 Å². The van der Waals surface area contributed by atoms with Crippen LogP contribution in [0.25, 0.3) is 0 Å². The number of para-hydroxylation sites is 1. The third kappa shape index (κ3) is 5.82. The summed E-state index contributed by atoms with van der Waals surface area (Å²) in [6.45, 7) is 1.22. The van der Waals surface area contributed by atoms with Crippen molar-refractivity contribution in [2.45, 2.75) is 12.7 Å². The van der Waals surface area contributed by atoms with Crippen LogP contribution in [-0.2, 0) is 11.3 Å². The summed E-state index contributed by atoms with van der Waals surface area (Å²) in [5.74, 6) is 0. The van der Waals surface area contributed by atoms with Crippen LogP contribution < -0.4 is 5.32 Å². The van der Waals surface area contributed by atoms with E-state index in [0.29, 0.717) is 24.8 Å². The highest BCUT2D eigenvalue weighted by molar-refractivity contribution is 14.1. The van der Waals surface area contributed by atoms with E-state index in [1.807, 2.05) is 48.5 Å². The summed E-state index contributed by atoms with van der Waals surface area (Å²) in [6.07, 6.45) is -0.548. The maximum absolute atomic E-state index is 9.91. The molecule has 5 heteroatoms. The Morgan fingerprint density at radius 2 is 1.86 bits per heavy atom. The lowest BCUT2D eigenvalue weighted by Gasteiger charge is -2.14. The number of benzene rings is 2. The van der Waals surface area contributed by atoms with Crippen molar-refractivity contribution in [1.82, 2.24) is 0 Å². The van der Waals surface area contributed by atoms with Gasteiger partial charge in [-0.15, -0.1) is 0 Å². The topological polar surface area (TPSA) is 41.5 Å². The lowest BCUT2D eigenvalue weighted by molar-refractivity contribution is 0.0348. The van der Waals surface area contributed by atoms with Crippen molar-refractivity contribution in [3.8, 4) is 0 Å². The van der Waals surface area contributed by atoms with Gasteiger partial charge in [0.15, 0.2) is 0 Å². The van der Waals surface area contributed by atoms with E-state index in [0.717, 1.165) is 14.8 Å². The van der Waals surface area contributed by atoms with Crippen molar-refractivity contribution >= 4 is 39.9 Å². The Balaban J connectivity index is 1.69. The van der Waals surface area contributed by atoms with E-state index in [1.54, 1.807) is 0 Å². The summed E-state index contributed by atoms with van der Waals surface area (Å²) in [4.78, 5) is 0. The van der Waals surface area contributed by atoms with E-state index in [9.17, 15) is 5.11 Å². The lowest BCUT2D eigenvalue weighted by atomic mass is 10.2. The molecule has 0 bridgehead atoms. The van der Waals surface area contributed by atoms with Crippen LogP contribution in [-0.4, -0.2) is 24.4 Å². The van der Waals surface area contributed by atoms with E-state index >= 15 is 0 Å². The first-order chi connectivity index (χ1) is 10.1. The van der Waals surface area contributed by atoms with E-state index in [1.165, 1.54) is 0 Å². The van der Waals surface area contributed by atoms with Crippen LogP contribution in [0.4, 0.5) is 5.69 Å². The van der Waals surface area contributed by atoms with Crippen LogP contribution in [0.15, 0.2) is 48.5 Å². The van der Waals surface area contributed by atoms with Crippen LogP contribution in [0, 0.1) is 3.57 Å². The van der Waals surface area contributed by atoms with Gasteiger partial charge in [0.1, 0.15) is 0 Å². The number of hydrogen-bond acceptors (Lipinski definition) is 3. The first-order valence-electron chi connectivity index (χ1n) is 6.64. The summed E-state index contributed by atoms with van der Waals surface area (Å²) in [5, 5.41) is 13.8. The fourth-order valence-corrected chi connectivity index (χ4v) is 2.49. The van der Waals surface area contributed by atoms with Crippen LogP contribution in [0.2, 0.25) is 5.02 Å². The normalized spacial score (nSPS) is 12.1. The summed E-state index contributed by atoms with van der Waals surface area (Å²) in [5.41, 5.74) is 2.06. The molecule has 2 rings (SSSR count). The van der Waals surface area contributed by atoms with Gasteiger partial charge in [0.25, 0.3) is 0 Å². The molecule has 0 aliphatic rings. The van der Waals surface area contributed by atoms with Gasteiger partial charge in [-0.2, -0.15) is 0 Å². The minimum atomic E-state index is -0.548. The van der Waals surface area contributed by atoms with Crippen LogP contribution in [0.5, 0.6) is 0 Å². The molecule has 0 aliphatic carbocycles. The van der Waals surface area contributed by atoms with Gasteiger partial charge in [-0.25, -0.2) is 0 Å². The van der Waals surface area contributed by atoms with E-state index in [-0.39, 0.29) is 0 Å². The van der Waals surface area contributed by atoms with Crippen molar-refractivity contribution in [3.05, 3.63) is 62.7 Å². The van der Waals surface area contributed by atoms with Gasteiger partial charge in [-0.05, 0) is 52.4 Å². The summed E-state index contributed by atoms with van der Waals surface area (Å²) < 4.78 is 6.63. The standard InChI is InChI=1S/C16H17ClINO2/c17-13-7-5-12(6-8-13)10-21-11-14(20)9-19-16-4-2-1-3-15(16)18/h1-8,14,19-20H,9-11H2. The van der Waals surface area contributed by atoms with E-state index in [4.69, 9.17) is 16.3 Å². The number of rotatable bonds is 7. The molecule has 0 heterocycles. The van der Waals surface area contributed by atoms with Gasteiger partial charge < -0.3 is 15.2 Å². The average Bonchev–Trinajstić information content (AvgIpc) is 2.48. The molecule has 0 saturated carbocycles. The summed E-state index contributed by atoms with van der Waals surface area (Å²) in [7, 11) is 0. The van der Waals surface area contributed by atoms with Crippen LogP contribution in [0.1, 0.15) is 5.56 Å². The van der Waals surface area contributed by atoms with E-state index in [2.05, 4.69) is 27.9 Å². The highest BCUT2D eigenvalue weighted by Gasteiger charge is 2.05. The first kappa shape index (κ1) is 16.5. The second kappa shape index (κ2) is 8.58. The third-order valence-corrected chi connectivity index (χ3v) is 4.09. The molecule has 1 atom stereocenters. The van der Waals surface area contributed by atoms with Crippen molar-refractivity contribution in [2.24, 2.45) is 0 Å². The van der Waals surface area contributed by atoms with Crippen molar-refractivity contribution in [1.29, 1.82) is 0 Å². The molecule has 0 aliphatic heterocycles. The molecule has 112 valence electrons. The highest BCUT2D eigenvalue weighted by Crippen LogP contribution is 2.16. The fraction of sp³-hybridized carbons (Fsp3) is 0.250. The third-order valence-electron chi connectivity index (χ3n) is 2.89. The molecule has 0 amide bonds. The van der Waals surface area contributed by atoms with Crippen LogP contribution >= 0.6 is 34.2 Å². The predicted molar refractivity (Wildman–Crippen MR) is 94.8 cm³/mol. The predicted octanol–water partition coefficient (Wildman–Crippen LogP) is 3.93. The number of aliphatic hydroxyl groups is 1. The molecule has 2 N–H and O–H groups in total. The molecule has 0 spiro atoms. The molecular formula is C16H17ClINO2.